The number of nitrogens with one attached hydrogen (secondary N) is 2. The highest BCUT2D eigenvalue weighted by molar-refractivity contribution is 5.97. The number of likely N-dealkylation sites (N-methyl/N-ethyl adjacent to an activating group) is 1. The molecular weight excluding hydrogens is 376 g/mol. The van der Waals surface area contributed by atoms with Crippen molar-refractivity contribution in [3.63, 3.8) is 0 Å². The maximum atomic E-state index is 12.6. The Morgan fingerprint density at radius 2 is 1.76 bits per heavy atom. The van der Waals surface area contributed by atoms with Crippen LogP contribution < -0.4 is 21.7 Å². The van der Waals surface area contributed by atoms with E-state index in [0.29, 0.717) is 18.8 Å². The Morgan fingerprint density at radius 3 is 2.24 bits per heavy atom. The van der Waals surface area contributed by atoms with Crippen molar-refractivity contribution < 1.29 is 29.9 Å². The summed E-state index contributed by atoms with van der Waals surface area (Å²) in [6, 6.07) is -2.07. The molecule has 9 nitrogen and oxygen atoms in total. The minimum atomic E-state index is -1.23. The lowest BCUT2D eigenvalue weighted by atomic mass is 9.89. The van der Waals surface area contributed by atoms with Crippen LogP contribution in [0.4, 0.5) is 0 Å². The van der Waals surface area contributed by atoms with Crippen LogP contribution in [0.3, 0.4) is 0 Å². The Morgan fingerprint density at radius 1 is 1.17 bits per heavy atom. The van der Waals surface area contributed by atoms with E-state index in [4.69, 9.17) is 5.73 Å². The Kier molecular flexibility index (Phi) is 9.75. The standard InChI is InChI=1S/C20H36N4O5/c1-10(2)6-14(18(21)27)24-19(28)12-8-13(17(26)16(25)9-12)23-20(29)15(22-5)7-11(3)4/h8,10-11,13-17,22,25-26H,6-7,9H2,1-5H3,(H2,21,27)(H,23,29)(H,24,28)/p+1/t13-,14-,15+,16-,17-/m1/s1. The molecule has 0 saturated heterocycles. The Balaban J connectivity index is 2.94. The lowest BCUT2D eigenvalue weighted by Crippen LogP contribution is -2.89. The highest BCUT2D eigenvalue weighted by Crippen LogP contribution is 2.20. The second-order valence-electron chi connectivity index (χ2n) is 8.62. The van der Waals surface area contributed by atoms with E-state index in [9.17, 15) is 24.6 Å². The SMILES string of the molecule is C[NH2+][C@@H](CC(C)C)C(=O)N[C@@H]1C=C(C(=O)N[C@H](CC(C)C)C(N)=O)C[C@@H](O)[C@@H]1O. The number of carbonyl (C=O) groups is 3. The number of primary amides is 1. The van der Waals surface area contributed by atoms with Crippen LogP contribution in [-0.4, -0.2) is 65.3 Å². The molecule has 5 atom stereocenters. The zero-order valence-electron chi connectivity index (χ0n) is 18.0. The number of nitrogens with two attached hydrogens (primary N) is 2. The number of aliphatic hydroxyl groups excluding tert-OH is 2. The summed E-state index contributed by atoms with van der Waals surface area (Å²) < 4.78 is 0. The number of rotatable bonds is 10. The van der Waals surface area contributed by atoms with E-state index in [1.807, 2.05) is 27.7 Å². The van der Waals surface area contributed by atoms with Gasteiger partial charge in [-0.2, -0.15) is 0 Å². The van der Waals surface area contributed by atoms with Gasteiger partial charge in [-0.05, 0) is 18.3 Å². The molecule has 29 heavy (non-hydrogen) atoms. The van der Waals surface area contributed by atoms with Gasteiger partial charge in [0.15, 0.2) is 6.04 Å². The molecule has 0 heterocycles. The van der Waals surface area contributed by atoms with Gasteiger partial charge in [0.25, 0.3) is 5.91 Å². The van der Waals surface area contributed by atoms with Crippen LogP contribution in [0.1, 0.15) is 47.0 Å². The minimum absolute atomic E-state index is 0.0815. The van der Waals surface area contributed by atoms with Gasteiger partial charge in [-0.1, -0.05) is 33.8 Å². The average molecular weight is 414 g/mol. The van der Waals surface area contributed by atoms with Crippen molar-refractivity contribution in [2.75, 3.05) is 7.05 Å². The summed E-state index contributed by atoms with van der Waals surface area (Å²) in [5.41, 5.74) is 5.57. The second-order valence-corrected chi connectivity index (χ2v) is 8.62. The molecule has 0 fully saturated rings. The fourth-order valence-electron chi connectivity index (χ4n) is 3.41. The molecule has 1 aliphatic carbocycles. The molecule has 0 radical (unpaired) electrons. The quantitative estimate of drug-likeness (QED) is 0.248. The number of hydrogen-bond donors (Lipinski definition) is 6. The zero-order valence-corrected chi connectivity index (χ0v) is 18.0. The lowest BCUT2D eigenvalue weighted by molar-refractivity contribution is -0.651. The molecule has 0 aliphatic heterocycles. The van der Waals surface area contributed by atoms with Gasteiger partial charge >= 0.3 is 0 Å². The van der Waals surface area contributed by atoms with Crippen LogP contribution in [0.25, 0.3) is 0 Å². The molecule has 0 aromatic heterocycles. The lowest BCUT2D eigenvalue weighted by Gasteiger charge is -2.32. The zero-order chi connectivity index (χ0) is 22.3. The third-order valence-electron chi connectivity index (χ3n) is 4.99. The first kappa shape index (κ1) is 25.1. The fourth-order valence-corrected chi connectivity index (χ4v) is 3.41. The van der Waals surface area contributed by atoms with Gasteiger partial charge < -0.3 is 31.9 Å². The summed E-state index contributed by atoms with van der Waals surface area (Å²) in [5, 5.41) is 27.6. The molecule has 0 spiro atoms. The normalized spacial score (nSPS) is 24.0. The predicted octanol–water partition coefficient (Wildman–Crippen LogP) is -1.85. The van der Waals surface area contributed by atoms with E-state index in [1.54, 1.807) is 12.4 Å². The van der Waals surface area contributed by atoms with Gasteiger partial charge in [0.05, 0.1) is 19.2 Å². The molecule has 166 valence electrons. The van der Waals surface area contributed by atoms with Crippen molar-refractivity contribution in [3.05, 3.63) is 11.6 Å². The third-order valence-corrected chi connectivity index (χ3v) is 4.99. The maximum Gasteiger partial charge on any atom is 0.278 e. The summed E-state index contributed by atoms with van der Waals surface area (Å²) >= 11 is 0. The van der Waals surface area contributed by atoms with E-state index in [-0.39, 0.29) is 29.9 Å². The van der Waals surface area contributed by atoms with Crippen molar-refractivity contribution in [1.82, 2.24) is 10.6 Å². The monoisotopic (exact) mass is 413 g/mol. The van der Waals surface area contributed by atoms with Crippen molar-refractivity contribution >= 4 is 17.7 Å². The van der Waals surface area contributed by atoms with Crippen LogP contribution in [0, 0.1) is 11.8 Å². The summed E-state index contributed by atoms with van der Waals surface area (Å²) in [6.45, 7) is 7.84. The molecule has 9 heteroatoms. The summed E-state index contributed by atoms with van der Waals surface area (Å²) in [6.07, 6.45) is -0.0301. The fraction of sp³-hybridized carbons (Fsp3) is 0.750. The second kappa shape index (κ2) is 11.3. The van der Waals surface area contributed by atoms with Crippen molar-refractivity contribution in [1.29, 1.82) is 0 Å². The third kappa shape index (κ3) is 7.75. The van der Waals surface area contributed by atoms with Crippen molar-refractivity contribution in [2.45, 2.75) is 77.3 Å². The molecule has 0 saturated carbocycles. The highest BCUT2D eigenvalue weighted by Gasteiger charge is 2.36. The van der Waals surface area contributed by atoms with Crippen molar-refractivity contribution in [3.8, 4) is 0 Å². The maximum absolute atomic E-state index is 12.6. The predicted molar refractivity (Wildman–Crippen MR) is 108 cm³/mol. The number of hydrogen-bond acceptors (Lipinski definition) is 5. The summed E-state index contributed by atoms with van der Waals surface area (Å²) in [4.78, 5) is 36.8. The molecule has 0 unspecified atom stereocenters. The van der Waals surface area contributed by atoms with Crippen LogP contribution >= 0.6 is 0 Å². The van der Waals surface area contributed by atoms with Crippen LogP contribution in [0.5, 0.6) is 0 Å². The molecule has 1 aliphatic rings. The van der Waals surface area contributed by atoms with Gasteiger partial charge in [-0.25, -0.2) is 0 Å². The smallest absolute Gasteiger partial charge is 0.278 e. The van der Waals surface area contributed by atoms with Gasteiger partial charge in [0.1, 0.15) is 12.1 Å². The molecule has 0 aromatic carbocycles. The van der Waals surface area contributed by atoms with E-state index >= 15 is 0 Å². The molecule has 0 aromatic rings. The molecule has 0 bridgehead atoms. The molecular formula is C20H37N4O5+. The average Bonchev–Trinajstić information content (AvgIpc) is 2.61. The Labute approximate surface area is 172 Å². The Hall–Kier alpha value is -1.97. The van der Waals surface area contributed by atoms with E-state index in [0.717, 1.165) is 0 Å². The minimum Gasteiger partial charge on any atom is -0.390 e. The largest absolute Gasteiger partial charge is 0.390 e. The van der Waals surface area contributed by atoms with E-state index in [2.05, 4.69) is 10.6 Å². The molecule has 8 N–H and O–H groups in total. The van der Waals surface area contributed by atoms with Gasteiger partial charge in [-0.15, -0.1) is 0 Å². The first-order valence-corrected chi connectivity index (χ1v) is 10.2. The first-order chi connectivity index (χ1) is 13.5. The molecule has 1 rings (SSSR count). The highest BCUT2D eigenvalue weighted by atomic mass is 16.3. The van der Waals surface area contributed by atoms with Gasteiger partial charge in [0, 0.05) is 18.4 Å². The number of amides is 3. The van der Waals surface area contributed by atoms with Gasteiger partial charge in [-0.3, -0.25) is 14.4 Å². The van der Waals surface area contributed by atoms with Crippen LogP contribution in [0.2, 0.25) is 0 Å². The van der Waals surface area contributed by atoms with E-state index in [1.165, 1.54) is 6.08 Å². The first-order valence-electron chi connectivity index (χ1n) is 10.2. The number of carbonyl (C=O) groups excluding carboxylic acids is 3. The van der Waals surface area contributed by atoms with Crippen LogP contribution in [0.15, 0.2) is 11.6 Å². The number of aliphatic hydroxyl groups is 2. The van der Waals surface area contributed by atoms with E-state index < -0.39 is 36.1 Å². The van der Waals surface area contributed by atoms with Gasteiger partial charge in [0.2, 0.25) is 11.8 Å². The number of quaternary nitrogens is 1. The summed E-state index contributed by atoms with van der Waals surface area (Å²) in [5.74, 6) is -0.988. The topological polar surface area (TPSA) is 158 Å². The summed E-state index contributed by atoms with van der Waals surface area (Å²) in [7, 11) is 1.80. The van der Waals surface area contributed by atoms with Crippen molar-refractivity contribution in [2.24, 2.45) is 17.6 Å². The Bertz CT molecular complexity index is 620. The van der Waals surface area contributed by atoms with Crippen LogP contribution in [-0.2, 0) is 14.4 Å². The molecule has 3 amide bonds.